The molecule has 3 rings (SSSR count). The quantitative estimate of drug-likeness (QED) is 0.807. The SMILES string of the molecule is CC(c1ccc(Cl)cc1)N1CC(=O)N(c2ccccc2)C1=O. The van der Waals surface area contributed by atoms with Crippen LogP contribution in [0.5, 0.6) is 0 Å². The first kappa shape index (κ1) is 14.6. The molecule has 1 unspecified atom stereocenters. The summed E-state index contributed by atoms with van der Waals surface area (Å²) in [6, 6.07) is 15.8. The molecule has 112 valence electrons. The zero-order chi connectivity index (χ0) is 15.7. The molecule has 1 saturated heterocycles. The minimum absolute atomic E-state index is 0.0809. The van der Waals surface area contributed by atoms with Gasteiger partial charge >= 0.3 is 6.03 Å². The Morgan fingerprint density at radius 2 is 1.64 bits per heavy atom. The van der Waals surface area contributed by atoms with Crippen LogP contribution >= 0.6 is 11.6 Å². The number of nitrogens with zero attached hydrogens (tertiary/aromatic N) is 2. The van der Waals surface area contributed by atoms with Crippen LogP contribution < -0.4 is 4.90 Å². The summed E-state index contributed by atoms with van der Waals surface area (Å²) >= 11 is 5.89. The van der Waals surface area contributed by atoms with Crippen LogP contribution in [-0.2, 0) is 4.79 Å². The van der Waals surface area contributed by atoms with E-state index in [-0.39, 0.29) is 24.5 Å². The third-order valence-electron chi connectivity index (χ3n) is 3.83. The Labute approximate surface area is 133 Å². The number of amides is 3. The van der Waals surface area contributed by atoms with Crippen molar-refractivity contribution in [3.63, 3.8) is 0 Å². The molecule has 1 aliphatic heterocycles. The van der Waals surface area contributed by atoms with E-state index in [0.717, 1.165) is 5.56 Å². The Kier molecular flexibility index (Phi) is 3.86. The van der Waals surface area contributed by atoms with Crippen molar-refractivity contribution in [3.05, 3.63) is 65.2 Å². The Morgan fingerprint density at radius 3 is 2.27 bits per heavy atom. The van der Waals surface area contributed by atoms with E-state index in [0.29, 0.717) is 10.7 Å². The first-order valence-electron chi connectivity index (χ1n) is 7.02. The Hall–Kier alpha value is -2.33. The summed E-state index contributed by atoms with van der Waals surface area (Å²) in [6.07, 6.45) is 0. The molecule has 0 radical (unpaired) electrons. The molecule has 0 bridgehead atoms. The van der Waals surface area contributed by atoms with E-state index in [4.69, 9.17) is 11.6 Å². The number of hydrogen-bond donors (Lipinski definition) is 0. The van der Waals surface area contributed by atoms with Gasteiger partial charge in [-0.25, -0.2) is 9.69 Å². The summed E-state index contributed by atoms with van der Waals surface area (Å²) in [5.74, 6) is -0.211. The highest BCUT2D eigenvalue weighted by Gasteiger charge is 2.39. The lowest BCUT2D eigenvalue weighted by Gasteiger charge is -2.24. The van der Waals surface area contributed by atoms with Crippen LogP contribution in [0.4, 0.5) is 10.5 Å². The third kappa shape index (κ3) is 2.57. The number of halogens is 1. The minimum Gasteiger partial charge on any atom is -0.308 e. The molecule has 0 aromatic heterocycles. The van der Waals surface area contributed by atoms with Gasteiger partial charge in [-0.1, -0.05) is 41.9 Å². The monoisotopic (exact) mass is 314 g/mol. The van der Waals surface area contributed by atoms with Crippen LogP contribution in [0.15, 0.2) is 54.6 Å². The second-order valence-corrected chi connectivity index (χ2v) is 5.64. The first-order valence-corrected chi connectivity index (χ1v) is 7.40. The summed E-state index contributed by atoms with van der Waals surface area (Å²) in [6.45, 7) is 1.99. The standard InChI is InChI=1S/C17H15ClN2O2/c1-12(13-7-9-14(18)10-8-13)19-11-16(21)20(17(19)22)15-5-3-2-4-6-15/h2-10,12H,11H2,1H3. The molecule has 2 aromatic carbocycles. The molecule has 22 heavy (non-hydrogen) atoms. The number of anilines is 1. The molecule has 1 fully saturated rings. The molecule has 1 atom stereocenters. The molecular formula is C17H15ClN2O2. The van der Waals surface area contributed by atoms with Crippen LogP contribution in [0.1, 0.15) is 18.5 Å². The van der Waals surface area contributed by atoms with Gasteiger partial charge in [0.2, 0.25) is 0 Å². The van der Waals surface area contributed by atoms with Gasteiger partial charge in [-0.3, -0.25) is 4.79 Å². The van der Waals surface area contributed by atoms with Gasteiger partial charge in [0.1, 0.15) is 6.54 Å². The molecule has 2 aromatic rings. The maximum absolute atomic E-state index is 12.6. The van der Waals surface area contributed by atoms with Crippen LogP contribution in [0.2, 0.25) is 5.02 Å². The molecule has 0 saturated carbocycles. The average molecular weight is 315 g/mol. The Bertz CT molecular complexity index is 700. The summed E-state index contributed by atoms with van der Waals surface area (Å²) in [4.78, 5) is 27.6. The number of para-hydroxylation sites is 1. The van der Waals surface area contributed by atoms with Crippen molar-refractivity contribution >= 4 is 29.2 Å². The molecule has 0 N–H and O–H groups in total. The highest BCUT2D eigenvalue weighted by Crippen LogP contribution is 2.29. The van der Waals surface area contributed by atoms with Gasteiger partial charge < -0.3 is 4.90 Å². The maximum Gasteiger partial charge on any atom is 0.332 e. The number of carbonyl (C=O) groups is 2. The van der Waals surface area contributed by atoms with Crippen molar-refractivity contribution in [2.24, 2.45) is 0 Å². The highest BCUT2D eigenvalue weighted by molar-refractivity contribution is 6.30. The topological polar surface area (TPSA) is 40.6 Å². The highest BCUT2D eigenvalue weighted by atomic mass is 35.5. The van der Waals surface area contributed by atoms with E-state index in [2.05, 4.69) is 0 Å². The van der Waals surface area contributed by atoms with E-state index in [1.54, 1.807) is 41.3 Å². The summed E-state index contributed by atoms with van der Waals surface area (Å²) in [7, 11) is 0. The van der Waals surface area contributed by atoms with Crippen molar-refractivity contribution in [3.8, 4) is 0 Å². The summed E-state index contributed by atoms with van der Waals surface area (Å²) < 4.78 is 0. The first-order chi connectivity index (χ1) is 10.6. The second-order valence-electron chi connectivity index (χ2n) is 5.20. The van der Waals surface area contributed by atoms with Crippen LogP contribution in [0.25, 0.3) is 0 Å². The normalized spacial score (nSPS) is 16.3. The predicted octanol–water partition coefficient (Wildman–Crippen LogP) is 3.87. The minimum atomic E-state index is -0.293. The van der Waals surface area contributed by atoms with Gasteiger partial charge in [-0.15, -0.1) is 0 Å². The largest absolute Gasteiger partial charge is 0.332 e. The Morgan fingerprint density at radius 1 is 1.00 bits per heavy atom. The molecule has 3 amide bonds. The van der Waals surface area contributed by atoms with Gasteiger partial charge in [-0.2, -0.15) is 0 Å². The molecule has 4 nitrogen and oxygen atoms in total. The predicted molar refractivity (Wildman–Crippen MR) is 85.9 cm³/mol. The molecule has 1 heterocycles. The second kappa shape index (κ2) is 5.81. The molecule has 0 spiro atoms. The fourth-order valence-electron chi connectivity index (χ4n) is 2.57. The van der Waals surface area contributed by atoms with Gasteiger partial charge in [-0.05, 0) is 36.8 Å². The van der Waals surface area contributed by atoms with E-state index >= 15 is 0 Å². The van der Waals surface area contributed by atoms with Crippen LogP contribution in [0, 0.1) is 0 Å². The fraction of sp³-hybridized carbons (Fsp3) is 0.176. The van der Waals surface area contributed by atoms with Crippen LogP contribution in [0.3, 0.4) is 0 Å². The van der Waals surface area contributed by atoms with Crippen LogP contribution in [-0.4, -0.2) is 23.4 Å². The maximum atomic E-state index is 12.6. The average Bonchev–Trinajstić information content (AvgIpc) is 2.83. The van der Waals surface area contributed by atoms with E-state index in [1.165, 1.54) is 4.90 Å². The summed E-state index contributed by atoms with van der Waals surface area (Å²) in [5.41, 5.74) is 1.55. The fourth-order valence-corrected chi connectivity index (χ4v) is 2.70. The van der Waals surface area contributed by atoms with E-state index in [9.17, 15) is 9.59 Å². The number of rotatable bonds is 3. The van der Waals surface area contributed by atoms with Gasteiger partial charge in [0.05, 0.1) is 11.7 Å². The molecule has 1 aliphatic rings. The number of urea groups is 1. The van der Waals surface area contributed by atoms with Crippen molar-refractivity contribution in [2.45, 2.75) is 13.0 Å². The zero-order valence-electron chi connectivity index (χ0n) is 12.1. The lowest BCUT2D eigenvalue weighted by atomic mass is 10.1. The zero-order valence-corrected chi connectivity index (χ0v) is 12.8. The third-order valence-corrected chi connectivity index (χ3v) is 4.08. The summed E-state index contributed by atoms with van der Waals surface area (Å²) in [5, 5.41) is 0.644. The smallest absolute Gasteiger partial charge is 0.308 e. The van der Waals surface area contributed by atoms with Crippen molar-refractivity contribution < 1.29 is 9.59 Å². The van der Waals surface area contributed by atoms with E-state index in [1.807, 2.05) is 25.1 Å². The van der Waals surface area contributed by atoms with Crippen molar-refractivity contribution in [2.75, 3.05) is 11.4 Å². The van der Waals surface area contributed by atoms with Gasteiger partial charge in [0.25, 0.3) is 5.91 Å². The number of imide groups is 1. The van der Waals surface area contributed by atoms with Crippen molar-refractivity contribution in [1.29, 1.82) is 0 Å². The number of benzene rings is 2. The lowest BCUT2D eigenvalue weighted by Crippen LogP contribution is -2.34. The van der Waals surface area contributed by atoms with Gasteiger partial charge in [0.15, 0.2) is 0 Å². The van der Waals surface area contributed by atoms with Gasteiger partial charge in [0, 0.05) is 5.02 Å². The molecular weight excluding hydrogens is 300 g/mol. The van der Waals surface area contributed by atoms with Crippen molar-refractivity contribution in [1.82, 2.24) is 4.90 Å². The lowest BCUT2D eigenvalue weighted by molar-refractivity contribution is -0.116. The van der Waals surface area contributed by atoms with E-state index < -0.39 is 0 Å². The number of carbonyl (C=O) groups excluding carboxylic acids is 2. The Balaban J connectivity index is 1.86. The molecule has 5 heteroatoms. The molecule has 0 aliphatic carbocycles. The number of hydrogen-bond acceptors (Lipinski definition) is 2.